The van der Waals surface area contributed by atoms with Gasteiger partial charge < -0.3 is 15.8 Å². The molecule has 1 rings (SSSR count). The zero-order valence-corrected chi connectivity index (χ0v) is 9.47. The van der Waals surface area contributed by atoms with E-state index in [2.05, 4.69) is 10.1 Å². The van der Waals surface area contributed by atoms with Crippen molar-refractivity contribution in [3.05, 3.63) is 23.2 Å². The zero-order chi connectivity index (χ0) is 12.1. The van der Waals surface area contributed by atoms with E-state index >= 15 is 0 Å². The van der Waals surface area contributed by atoms with E-state index in [1.807, 2.05) is 6.92 Å². The largest absolute Gasteiger partial charge is 0.433 e. The van der Waals surface area contributed by atoms with Gasteiger partial charge in [0.2, 0.25) is 0 Å². The third kappa shape index (κ3) is 3.83. The quantitative estimate of drug-likeness (QED) is 0.845. The molecule has 0 aliphatic rings. The molecule has 0 aliphatic carbocycles. The second-order valence-corrected chi connectivity index (χ2v) is 3.71. The van der Waals surface area contributed by atoms with Gasteiger partial charge in [0.1, 0.15) is 5.75 Å². The van der Waals surface area contributed by atoms with Crippen LogP contribution in [0.15, 0.2) is 18.2 Å². The molecular formula is C10H13ClF2N2O. The highest BCUT2D eigenvalue weighted by Gasteiger charge is 2.09. The zero-order valence-electron chi connectivity index (χ0n) is 8.71. The first-order valence-corrected chi connectivity index (χ1v) is 5.11. The van der Waals surface area contributed by atoms with Crippen LogP contribution in [0.4, 0.5) is 14.5 Å². The number of benzene rings is 1. The minimum Gasteiger partial charge on any atom is -0.433 e. The lowest BCUT2D eigenvalue weighted by molar-refractivity contribution is -0.0497. The third-order valence-electron chi connectivity index (χ3n) is 1.91. The minimum atomic E-state index is -2.88. The highest BCUT2D eigenvalue weighted by molar-refractivity contribution is 6.32. The SMILES string of the molecule is CC(CN)Nc1ccc(OC(F)F)c(Cl)c1. The van der Waals surface area contributed by atoms with Crippen molar-refractivity contribution in [3.8, 4) is 5.75 Å². The van der Waals surface area contributed by atoms with E-state index in [1.54, 1.807) is 6.07 Å². The van der Waals surface area contributed by atoms with Crippen molar-refractivity contribution < 1.29 is 13.5 Å². The van der Waals surface area contributed by atoms with Gasteiger partial charge in [-0.05, 0) is 25.1 Å². The van der Waals surface area contributed by atoms with Crippen LogP contribution in [0.3, 0.4) is 0 Å². The van der Waals surface area contributed by atoms with Gasteiger partial charge in [-0.25, -0.2) is 0 Å². The minimum absolute atomic E-state index is 0.0392. The Labute approximate surface area is 97.5 Å². The molecule has 1 atom stereocenters. The van der Waals surface area contributed by atoms with Crippen LogP contribution in [0, 0.1) is 0 Å². The molecule has 0 saturated heterocycles. The van der Waals surface area contributed by atoms with Crippen molar-refractivity contribution in [3.63, 3.8) is 0 Å². The van der Waals surface area contributed by atoms with Crippen LogP contribution >= 0.6 is 11.6 Å². The molecule has 0 heterocycles. The maximum Gasteiger partial charge on any atom is 0.387 e. The number of nitrogens with two attached hydrogens (primary N) is 1. The smallest absolute Gasteiger partial charge is 0.387 e. The molecule has 0 amide bonds. The molecule has 0 spiro atoms. The first-order chi connectivity index (χ1) is 7.52. The van der Waals surface area contributed by atoms with Crippen molar-refractivity contribution in [2.24, 2.45) is 5.73 Å². The Bertz CT molecular complexity index is 350. The van der Waals surface area contributed by atoms with Crippen LogP contribution in [-0.4, -0.2) is 19.2 Å². The topological polar surface area (TPSA) is 47.3 Å². The summed E-state index contributed by atoms with van der Waals surface area (Å²) in [6.45, 7) is -0.510. The second kappa shape index (κ2) is 5.86. The molecule has 3 N–H and O–H groups in total. The molecule has 0 radical (unpaired) electrons. The Morgan fingerprint density at radius 2 is 2.19 bits per heavy atom. The molecule has 16 heavy (non-hydrogen) atoms. The molecule has 1 aromatic carbocycles. The van der Waals surface area contributed by atoms with Gasteiger partial charge in [0, 0.05) is 18.3 Å². The Morgan fingerprint density at radius 1 is 1.50 bits per heavy atom. The van der Waals surface area contributed by atoms with E-state index in [0.29, 0.717) is 12.2 Å². The van der Waals surface area contributed by atoms with Gasteiger partial charge >= 0.3 is 6.61 Å². The molecule has 0 fully saturated rings. The van der Waals surface area contributed by atoms with Crippen molar-refractivity contribution in [1.29, 1.82) is 0 Å². The van der Waals surface area contributed by atoms with E-state index in [0.717, 1.165) is 0 Å². The highest BCUT2D eigenvalue weighted by atomic mass is 35.5. The van der Waals surface area contributed by atoms with E-state index in [1.165, 1.54) is 12.1 Å². The van der Waals surface area contributed by atoms with Crippen molar-refractivity contribution in [2.45, 2.75) is 19.6 Å². The summed E-state index contributed by atoms with van der Waals surface area (Å²) >= 11 is 5.77. The lowest BCUT2D eigenvalue weighted by Crippen LogP contribution is -2.25. The first kappa shape index (κ1) is 13.0. The number of halogens is 3. The number of anilines is 1. The maximum atomic E-state index is 12.0. The summed E-state index contributed by atoms with van der Waals surface area (Å²) in [6, 6.07) is 4.60. The summed E-state index contributed by atoms with van der Waals surface area (Å²) in [6.07, 6.45) is 0. The molecule has 0 saturated carbocycles. The van der Waals surface area contributed by atoms with E-state index in [9.17, 15) is 8.78 Å². The fraction of sp³-hybridized carbons (Fsp3) is 0.400. The van der Waals surface area contributed by atoms with Gasteiger partial charge in [0.05, 0.1) is 5.02 Å². The summed E-state index contributed by atoms with van der Waals surface area (Å²) in [5, 5.41) is 3.19. The normalized spacial score (nSPS) is 12.6. The Balaban J connectivity index is 2.74. The lowest BCUT2D eigenvalue weighted by Gasteiger charge is -2.14. The molecular weight excluding hydrogens is 238 g/mol. The number of ether oxygens (including phenoxy) is 1. The molecule has 6 heteroatoms. The fourth-order valence-electron chi connectivity index (χ4n) is 1.13. The van der Waals surface area contributed by atoms with Crippen LogP contribution in [-0.2, 0) is 0 Å². The Kier molecular flexibility index (Phi) is 4.76. The van der Waals surface area contributed by atoms with Gasteiger partial charge in [-0.15, -0.1) is 0 Å². The van der Waals surface area contributed by atoms with Crippen molar-refractivity contribution in [1.82, 2.24) is 0 Å². The van der Waals surface area contributed by atoms with Gasteiger partial charge in [-0.2, -0.15) is 8.78 Å². The van der Waals surface area contributed by atoms with Crippen LogP contribution < -0.4 is 15.8 Å². The average molecular weight is 251 g/mol. The summed E-state index contributed by atoms with van der Waals surface area (Å²) in [7, 11) is 0. The first-order valence-electron chi connectivity index (χ1n) is 4.74. The van der Waals surface area contributed by atoms with Gasteiger partial charge in [-0.1, -0.05) is 11.6 Å². The number of hydrogen-bond acceptors (Lipinski definition) is 3. The third-order valence-corrected chi connectivity index (χ3v) is 2.21. The predicted molar refractivity (Wildman–Crippen MR) is 60.2 cm³/mol. The Morgan fingerprint density at radius 3 is 2.69 bits per heavy atom. The number of hydrogen-bond donors (Lipinski definition) is 2. The van der Waals surface area contributed by atoms with E-state index < -0.39 is 6.61 Å². The van der Waals surface area contributed by atoms with Gasteiger partial charge in [0.15, 0.2) is 0 Å². The van der Waals surface area contributed by atoms with Gasteiger partial charge in [-0.3, -0.25) is 0 Å². The molecule has 1 unspecified atom stereocenters. The second-order valence-electron chi connectivity index (χ2n) is 3.30. The van der Waals surface area contributed by atoms with Crippen LogP contribution in [0.2, 0.25) is 5.02 Å². The van der Waals surface area contributed by atoms with Crippen molar-refractivity contribution in [2.75, 3.05) is 11.9 Å². The van der Waals surface area contributed by atoms with Crippen LogP contribution in [0.25, 0.3) is 0 Å². The number of alkyl halides is 2. The van der Waals surface area contributed by atoms with Crippen LogP contribution in [0.1, 0.15) is 6.92 Å². The lowest BCUT2D eigenvalue weighted by atomic mass is 10.2. The summed E-state index contributed by atoms with van der Waals surface area (Å²) in [5.41, 5.74) is 6.15. The van der Waals surface area contributed by atoms with Gasteiger partial charge in [0.25, 0.3) is 0 Å². The maximum absolute atomic E-state index is 12.0. The number of rotatable bonds is 5. The standard InChI is InChI=1S/C10H13ClF2N2O/c1-6(5-14)15-7-2-3-9(8(11)4-7)16-10(12)13/h2-4,6,10,15H,5,14H2,1H3. The molecule has 1 aromatic rings. The molecule has 0 aromatic heterocycles. The summed E-state index contributed by atoms with van der Waals surface area (Å²) in [5.74, 6) is -0.0392. The predicted octanol–water partition coefficient (Wildman–Crippen LogP) is 2.70. The van der Waals surface area contributed by atoms with E-state index in [4.69, 9.17) is 17.3 Å². The van der Waals surface area contributed by atoms with E-state index in [-0.39, 0.29) is 16.8 Å². The van der Waals surface area contributed by atoms with Crippen molar-refractivity contribution >= 4 is 17.3 Å². The Hall–Kier alpha value is -1.07. The summed E-state index contributed by atoms with van der Waals surface area (Å²) < 4.78 is 28.1. The van der Waals surface area contributed by atoms with Crippen LogP contribution in [0.5, 0.6) is 5.75 Å². The highest BCUT2D eigenvalue weighted by Crippen LogP contribution is 2.29. The molecule has 0 aliphatic heterocycles. The molecule has 0 bridgehead atoms. The monoisotopic (exact) mass is 250 g/mol. The average Bonchev–Trinajstić information content (AvgIpc) is 2.21. The number of nitrogens with one attached hydrogen (secondary N) is 1. The molecule has 3 nitrogen and oxygen atoms in total. The molecule has 90 valence electrons. The summed E-state index contributed by atoms with van der Waals surface area (Å²) in [4.78, 5) is 0. The fourth-order valence-corrected chi connectivity index (χ4v) is 1.35.